The molecule has 4 rings (SSSR count). The predicted molar refractivity (Wildman–Crippen MR) is 110 cm³/mol. The molecule has 1 fully saturated rings. The summed E-state index contributed by atoms with van der Waals surface area (Å²) < 4.78 is 2.04. The van der Waals surface area contributed by atoms with Crippen molar-refractivity contribution in [2.24, 2.45) is 5.92 Å². The molecule has 7 heteroatoms. The van der Waals surface area contributed by atoms with E-state index in [0.29, 0.717) is 6.54 Å². The molecule has 0 radical (unpaired) electrons. The van der Waals surface area contributed by atoms with Gasteiger partial charge in [-0.05, 0) is 61.7 Å². The number of nitrogens with one attached hydrogen (secondary N) is 2. The summed E-state index contributed by atoms with van der Waals surface area (Å²) in [5, 5.41) is 6.12. The molecule has 0 spiro atoms. The number of halogens is 2. The molecule has 0 bridgehead atoms. The van der Waals surface area contributed by atoms with Crippen molar-refractivity contribution in [2.45, 2.75) is 12.8 Å². The van der Waals surface area contributed by atoms with Crippen LogP contribution in [-0.4, -0.2) is 28.5 Å². The second kappa shape index (κ2) is 9.03. The number of para-hydroxylation sites is 2. The molecule has 5 nitrogen and oxygen atoms in total. The zero-order valence-corrected chi connectivity index (χ0v) is 15.9. The van der Waals surface area contributed by atoms with Gasteiger partial charge in [0.2, 0.25) is 5.91 Å². The Kier molecular flexibility index (Phi) is 7.03. The highest BCUT2D eigenvalue weighted by molar-refractivity contribution is 5.92. The van der Waals surface area contributed by atoms with Gasteiger partial charge in [0.25, 0.3) is 0 Å². The fourth-order valence-electron chi connectivity index (χ4n) is 2.79. The minimum absolute atomic E-state index is 0. The number of anilines is 1. The van der Waals surface area contributed by atoms with E-state index in [9.17, 15) is 4.79 Å². The molecule has 1 aromatic heterocycles. The van der Waals surface area contributed by atoms with Crippen molar-refractivity contribution in [3.05, 3.63) is 54.9 Å². The Morgan fingerprint density at radius 3 is 2.54 bits per heavy atom. The molecule has 1 aliphatic rings. The summed E-state index contributed by atoms with van der Waals surface area (Å²) >= 11 is 0. The van der Waals surface area contributed by atoms with Crippen molar-refractivity contribution >= 4 is 47.4 Å². The van der Waals surface area contributed by atoms with Crippen molar-refractivity contribution in [1.29, 1.82) is 0 Å². The molecule has 1 amide bonds. The number of rotatable bonds is 6. The Labute approximate surface area is 165 Å². The number of imidazole rings is 1. The molecule has 138 valence electrons. The Morgan fingerprint density at radius 2 is 1.81 bits per heavy atom. The summed E-state index contributed by atoms with van der Waals surface area (Å²) in [6.45, 7) is 1.31. The smallest absolute Gasteiger partial charge is 0.238 e. The maximum Gasteiger partial charge on any atom is 0.238 e. The van der Waals surface area contributed by atoms with Gasteiger partial charge in [-0.25, -0.2) is 4.98 Å². The maximum atomic E-state index is 11.9. The van der Waals surface area contributed by atoms with Gasteiger partial charge in [-0.3, -0.25) is 9.36 Å². The van der Waals surface area contributed by atoms with E-state index in [1.807, 2.05) is 59.4 Å². The van der Waals surface area contributed by atoms with Crippen LogP contribution >= 0.6 is 24.8 Å². The van der Waals surface area contributed by atoms with Crippen molar-refractivity contribution in [3.63, 3.8) is 0 Å². The molecule has 0 saturated heterocycles. The van der Waals surface area contributed by atoms with Crippen molar-refractivity contribution in [2.75, 3.05) is 18.4 Å². The van der Waals surface area contributed by atoms with Gasteiger partial charge in [-0.2, -0.15) is 0 Å². The molecule has 1 heterocycles. The van der Waals surface area contributed by atoms with Crippen molar-refractivity contribution < 1.29 is 4.79 Å². The van der Waals surface area contributed by atoms with Crippen LogP contribution in [0.2, 0.25) is 0 Å². The second-order valence-corrected chi connectivity index (χ2v) is 6.27. The number of nitrogens with zero attached hydrogens (tertiary/aromatic N) is 2. The van der Waals surface area contributed by atoms with Crippen LogP contribution in [0.1, 0.15) is 12.8 Å². The number of hydrogen-bond acceptors (Lipinski definition) is 3. The van der Waals surface area contributed by atoms with E-state index in [-0.39, 0.29) is 30.7 Å². The first-order valence-electron chi connectivity index (χ1n) is 8.33. The highest BCUT2D eigenvalue weighted by atomic mass is 35.5. The molecule has 3 aromatic rings. The van der Waals surface area contributed by atoms with E-state index in [0.717, 1.165) is 34.9 Å². The third-order valence-corrected chi connectivity index (χ3v) is 4.30. The minimum atomic E-state index is -0.00326. The zero-order valence-electron chi connectivity index (χ0n) is 14.2. The molecule has 0 unspecified atom stereocenters. The number of amides is 1. The zero-order chi connectivity index (χ0) is 16.4. The largest absolute Gasteiger partial charge is 0.325 e. The van der Waals surface area contributed by atoms with E-state index < -0.39 is 0 Å². The quantitative estimate of drug-likeness (QED) is 0.670. The first-order chi connectivity index (χ1) is 11.8. The monoisotopic (exact) mass is 392 g/mol. The summed E-state index contributed by atoms with van der Waals surface area (Å²) in [6, 6.07) is 15.8. The van der Waals surface area contributed by atoms with Gasteiger partial charge in [0, 0.05) is 11.4 Å². The summed E-state index contributed by atoms with van der Waals surface area (Å²) in [5.41, 5.74) is 3.87. The standard InChI is InChI=1S/C19H20N4O.2ClH/c24-19(12-20-11-14-5-6-14)22-15-7-9-16(10-8-15)23-13-21-17-3-1-2-4-18(17)23;;/h1-4,7-10,13-14,20H,5-6,11-12H2,(H,22,24);2*1H. The van der Waals surface area contributed by atoms with Crippen molar-refractivity contribution in [1.82, 2.24) is 14.9 Å². The van der Waals surface area contributed by atoms with Gasteiger partial charge >= 0.3 is 0 Å². The Balaban J connectivity index is 0.00000121. The first kappa shape index (κ1) is 20.2. The fraction of sp³-hybridized carbons (Fsp3) is 0.263. The van der Waals surface area contributed by atoms with Gasteiger partial charge in [-0.15, -0.1) is 24.8 Å². The normalized spacial score (nSPS) is 12.9. The first-order valence-corrected chi connectivity index (χ1v) is 8.33. The van der Waals surface area contributed by atoms with Crippen LogP contribution in [0.4, 0.5) is 5.69 Å². The molecule has 2 aromatic carbocycles. The number of fused-ring (bicyclic) bond motifs is 1. The molecule has 1 aliphatic carbocycles. The van der Waals surface area contributed by atoms with Crippen LogP contribution in [0.15, 0.2) is 54.9 Å². The van der Waals surface area contributed by atoms with Crippen LogP contribution in [0.25, 0.3) is 16.7 Å². The minimum Gasteiger partial charge on any atom is -0.325 e. The molecule has 2 N–H and O–H groups in total. The lowest BCUT2D eigenvalue weighted by molar-refractivity contribution is -0.115. The molecule has 0 aliphatic heterocycles. The molecule has 26 heavy (non-hydrogen) atoms. The third kappa shape index (κ3) is 4.75. The Bertz CT molecular complexity index is 859. The lowest BCUT2D eigenvalue weighted by atomic mass is 10.2. The van der Waals surface area contributed by atoms with Crippen LogP contribution in [-0.2, 0) is 4.79 Å². The highest BCUT2D eigenvalue weighted by Gasteiger charge is 2.20. The summed E-state index contributed by atoms with van der Waals surface area (Å²) in [6.07, 6.45) is 4.40. The van der Waals surface area contributed by atoms with Crippen LogP contribution in [0.5, 0.6) is 0 Å². The summed E-state index contributed by atoms with van der Waals surface area (Å²) in [7, 11) is 0. The number of aromatic nitrogens is 2. The number of carbonyl (C=O) groups is 1. The number of benzene rings is 2. The fourth-order valence-corrected chi connectivity index (χ4v) is 2.79. The van der Waals surface area contributed by atoms with Gasteiger partial charge in [-0.1, -0.05) is 12.1 Å². The summed E-state index contributed by atoms with van der Waals surface area (Å²) in [5.74, 6) is 0.776. The van der Waals surface area contributed by atoms with Gasteiger partial charge in [0.05, 0.1) is 17.6 Å². The third-order valence-electron chi connectivity index (χ3n) is 4.30. The van der Waals surface area contributed by atoms with Crippen molar-refractivity contribution in [3.8, 4) is 5.69 Å². The van der Waals surface area contributed by atoms with E-state index in [1.54, 1.807) is 0 Å². The Hall–Kier alpha value is -2.08. The number of hydrogen-bond donors (Lipinski definition) is 2. The molecule has 1 saturated carbocycles. The lowest BCUT2D eigenvalue weighted by Gasteiger charge is -2.08. The molecular formula is C19H22Cl2N4O. The van der Waals surface area contributed by atoms with E-state index in [4.69, 9.17) is 0 Å². The van der Waals surface area contributed by atoms with E-state index >= 15 is 0 Å². The van der Waals surface area contributed by atoms with E-state index in [1.165, 1.54) is 12.8 Å². The SMILES string of the molecule is Cl.Cl.O=C(CNCC1CC1)Nc1ccc(-n2cnc3ccccc32)cc1. The van der Waals surface area contributed by atoms with Crippen LogP contribution < -0.4 is 10.6 Å². The second-order valence-electron chi connectivity index (χ2n) is 6.27. The van der Waals surface area contributed by atoms with Crippen LogP contribution in [0, 0.1) is 5.92 Å². The number of carbonyl (C=O) groups excluding carboxylic acids is 1. The summed E-state index contributed by atoms with van der Waals surface area (Å²) in [4.78, 5) is 16.3. The topological polar surface area (TPSA) is 59.0 Å². The van der Waals surface area contributed by atoms with Gasteiger partial charge in [0.1, 0.15) is 6.33 Å². The van der Waals surface area contributed by atoms with Gasteiger partial charge < -0.3 is 10.6 Å². The van der Waals surface area contributed by atoms with Gasteiger partial charge in [0.15, 0.2) is 0 Å². The highest BCUT2D eigenvalue weighted by Crippen LogP contribution is 2.27. The maximum absolute atomic E-state index is 11.9. The average molecular weight is 393 g/mol. The lowest BCUT2D eigenvalue weighted by Crippen LogP contribution is -2.29. The molecule has 0 atom stereocenters. The van der Waals surface area contributed by atoms with E-state index in [2.05, 4.69) is 15.6 Å². The Morgan fingerprint density at radius 1 is 1.08 bits per heavy atom. The molecular weight excluding hydrogens is 371 g/mol. The van der Waals surface area contributed by atoms with Crippen LogP contribution in [0.3, 0.4) is 0 Å². The predicted octanol–water partition coefficient (Wildman–Crippen LogP) is 3.81. The average Bonchev–Trinajstić information content (AvgIpc) is 3.32.